The van der Waals surface area contributed by atoms with Crippen molar-refractivity contribution in [2.45, 2.75) is 72.3 Å². The number of hydrogen-bond acceptors (Lipinski definition) is 6. The van der Waals surface area contributed by atoms with Crippen LogP contribution in [0.15, 0.2) is 48.1 Å². The molecule has 1 heterocycles. The molecule has 0 aliphatic carbocycles. The van der Waals surface area contributed by atoms with Crippen molar-refractivity contribution in [3.8, 4) is 6.07 Å². The number of carbonyl (C=O) groups is 3. The third-order valence-electron chi connectivity index (χ3n) is 4.95. The van der Waals surface area contributed by atoms with E-state index in [1.165, 1.54) is 17.4 Å². The fourth-order valence-electron chi connectivity index (χ4n) is 3.15. The molecule has 0 aliphatic rings. The average Bonchev–Trinajstić information content (AvgIpc) is 3.24. The van der Waals surface area contributed by atoms with Gasteiger partial charge in [-0.05, 0) is 37.8 Å². The second-order valence-corrected chi connectivity index (χ2v) is 9.35. The van der Waals surface area contributed by atoms with Crippen LogP contribution >= 0.6 is 11.3 Å². The van der Waals surface area contributed by atoms with E-state index in [1.54, 1.807) is 11.3 Å². The van der Waals surface area contributed by atoms with Gasteiger partial charge in [-0.15, -0.1) is 11.3 Å². The topological polar surface area (TPSA) is 152 Å². The Kier molecular flexibility index (Phi) is 17.4. The van der Waals surface area contributed by atoms with Crippen molar-refractivity contribution < 1.29 is 14.4 Å². The van der Waals surface area contributed by atoms with Crippen LogP contribution in [0, 0.1) is 11.3 Å². The molecule has 0 spiro atoms. The van der Waals surface area contributed by atoms with Gasteiger partial charge < -0.3 is 16.8 Å². The van der Waals surface area contributed by atoms with E-state index in [0.29, 0.717) is 31.3 Å². The maximum absolute atomic E-state index is 12.6. The van der Waals surface area contributed by atoms with Crippen LogP contribution in [0.4, 0.5) is 0 Å². The molecule has 1 unspecified atom stereocenters. The third-order valence-corrected chi connectivity index (χ3v) is 6.05. The van der Waals surface area contributed by atoms with Gasteiger partial charge in [-0.2, -0.15) is 5.26 Å². The predicted molar refractivity (Wildman–Crippen MR) is 150 cm³/mol. The van der Waals surface area contributed by atoms with Crippen LogP contribution in [0.5, 0.6) is 0 Å². The number of benzene rings is 1. The predicted octanol–water partition coefficient (Wildman–Crippen LogP) is 4.24. The minimum atomic E-state index is -0.333. The van der Waals surface area contributed by atoms with Crippen LogP contribution in [-0.2, 0) is 33.6 Å². The summed E-state index contributed by atoms with van der Waals surface area (Å²) in [7, 11) is 0. The summed E-state index contributed by atoms with van der Waals surface area (Å²) < 4.78 is 0. The molecule has 3 amide bonds. The van der Waals surface area contributed by atoms with Gasteiger partial charge >= 0.3 is 0 Å². The zero-order chi connectivity index (χ0) is 28.2. The average molecular weight is 526 g/mol. The lowest BCUT2D eigenvalue weighted by Crippen LogP contribution is -2.36. The van der Waals surface area contributed by atoms with Gasteiger partial charge in [0.25, 0.3) is 0 Å². The van der Waals surface area contributed by atoms with Crippen LogP contribution in [0.25, 0.3) is 6.08 Å². The summed E-state index contributed by atoms with van der Waals surface area (Å²) in [4.78, 5) is 36.4. The lowest BCUT2D eigenvalue weighted by atomic mass is 10.00. The summed E-state index contributed by atoms with van der Waals surface area (Å²) >= 11 is 1.68. The van der Waals surface area contributed by atoms with Gasteiger partial charge in [0, 0.05) is 37.8 Å². The Balaban J connectivity index is 0.00000165. The van der Waals surface area contributed by atoms with E-state index >= 15 is 0 Å². The van der Waals surface area contributed by atoms with Crippen LogP contribution in [-0.4, -0.2) is 29.3 Å². The first-order valence-electron chi connectivity index (χ1n) is 12.1. The summed E-state index contributed by atoms with van der Waals surface area (Å²) in [5.41, 5.74) is 12.7. The van der Waals surface area contributed by atoms with Gasteiger partial charge in [-0.25, -0.2) is 4.98 Å². The number of nitrogens with two attached hydrogens (primary N) is 2. The van der Waals surface area contributed by atoms with E-state index in [2.05, 4.69) is 56.3 Å². The lowest BCUT2D eigenvalue weighted by Gasteiger charge is -2.18. The quantitative estimate of drug-likeness (QED) is 0.296. The number of nitrogens with one attached hydrogen (secondary N) is 1. The molecule has 0 saturated heterocycles. The molecule has 2 aromatic rings. The molecule has 2 rings (SSSR count). The van der Waals surface area contributed by atoms with E-state index in [9.17, 15) is 9.59 Å². The summed E-state index contributed by atoms with van der Waals surface area (Å²) in [6, 6.07) is 11.9. The number of nitrogens with zero attached hydrogens (tertiary/aromatic N) is 2. The molecule has 200 valence electrons. The second-order valence-electron chi connectivity index (χ2n) is 8.24. The minimum absolute atomic E-state index is 0.0169. The maximum Gasteiger partial charge on any atom is 0.220 e. The number of aromatic nitrogens is 1. The fraction of sp³-hybridized carbons (Fsp3) is 0.393. The van der Waals surface area contributed by atoms with E-state index < -0.39 is 0 Å². The van der Waals surface area contributed by atoms with Gasteiger partial charge in [-0.3, -0.25) is 14.4 Å². The first-order chi connectivity index (χ1) is 17.6. The summed E-state index contributed by atoms with van der Waals surface area (Å²) in [6.45, 7) is 11.5. The van der Waals surface area contributed by atoms with Gasteiger partial charge in [0.2, 0.25) is 18.2 Å². The molecular weight excluding hydrogens is 486 g/mol. The zero-order valence-electron chi connectivity index (χ0n) is 22.3. The molecule has 1 atom stereocenters. The molecular formula is C28H39N5O3S. The smallest absolute Gasteiger partial charge is 0.220 e. The first kappa shape index (κ1) is 33.2. The Hall–Kier alpha value is -3.77. The van der Waals surface area contributed by atoms with Crippen LogP contribution in [0.1, 0.15) is 68.1 Å². The first-order valence-corrected chi connectivity index (χ1v) is 12.9. The van der Waals surface area contributed by atoms with Gasteiger partial charge in [0.15, 0.2) is 0 Å². The highest BCUT2D eigenvalue weighted by molar-refractivity contribution is 7.12. The molecule has 1 aromatic carbocycles. The highest BCUT2D eigenvalue weighted by Crippen LogP contribution is 2.24. The Labute approximate surface area is 224 Å². The Morgan fingerprint density at radius 3 is 2.35 bits per heavy atom. The second kappa shape index (κ2) is 19.4. The van der Waals surface area contributed by atoms with Gasteiger partial charge in [0.05, 0.1) is 21.6 Å². The van der Waals surface area contributed by atoms with Crippen molar-refractivity contribution in [1.82, 2.24) is 10.3 Å². The van der Waals surface area contributed by atoms with Crippen LogP contribution < -0.4 is 16.8 Å². The van der Waals surface area contributed by atoms with Crippen LogP contribution in [0.2, 0.25) is 0 Å². The summed E-state index contributed by atoms with van der Waals surface area (Å²) in [5.74, 6) is -0.350. The monoisotopic (exact) mass is 525 g/mol. The number of amides is 3. The Bertz CT molecular complexity index is 1070. The molecule has 0 fully saturated rings. The van der Waals surface area contributed by atoms with E-state index in [0.717, 1.165) is 29.1 Å². The van der Waals surface area contributed by atoms with E-state index in [4.69, 9.17) is 15.0 Å². The van der Waals surface area contributed by atoms with Gasteiger partial charge in [0.1, 0.15) is 0 Å². The van der Waals surface area contributed by atoms with Crippen molar-refractivity contribution >= 4 is 35.6 Å². The number of allylic oxidation sites excluding steroid dienone is 1. The number of aryl methyl sites for hydroxylation is 2. The SMILES string of the molecule is C=C(C#N)CC(Cc1ccccc1)NC(=O)CCc1nc(CC)c(/C=C(\C)CC)s1.CC(N)=O.NC=O. The highest BCUT2D eigenvalue weighted by Gasteiger charge is 2.16. The molecule has 0 saturated carbocycles. The van der Waals surface area contributed by atoms with Crippen LogP contribution in [0.3, 0.4) is 0 Å². The maximum atomic E-state index is 12.6. The Morgan fingerprint density at radius 1 is 1.24 bits per heavy atom. The zero-order valence-corrected chi connectivity index (χ0v) is 23.1. The minimum Gasteiger partial charge on any atom is -0.372 e. The third kappa shape index (κ3) is 15.8. The molecule has 37 heavy (non-hydrogen) atoms. The standard InChI is InChI=1S/C25H31N3OS.C2H5NO.CH3NO/c1-5-18(3)15-23-22(6-2)28-25(30-23)13-12-24(29)27-21(14-19(4)17-26)16-20-10-8-7-9-11-20;1-2(3)4;2-1-3/h7-11,15,21H,4-6,12-14,16H2,1-3H3,(H,27,29);1H3,(H2,3,4);1H,(H2,2,3)/b18-15+;;. The van der Waals surface area contributed by atoms with Gasteiger partial charge in [-0.1, -0.05) is 56.3 Å². The normalized spacial score (nSPS) is 10.9. The molecule has 9 heteroatoms. The molecule has 0 radical (unpaired) electrons. The lowest BCUT2D eigenvalue weighted by molar-refractivity contribution is -0.121. The highest BCUT2D eigenvalue weighted by atomic mass is 32.1. The molecule has 0 aliphatic heterocycles. The Morgan fingerprint density at radius 2 is 1.84 bits per heavy atom. The number of thiazole rings is 1. The molecule has 5 N–H and O–H groups in total. The number of rotatable bonds is 11. The van der Waals surface area contributed by atoms with Crippen molar-refractivity contribution in [3.63, 3.8) is 0 Å². The van der Waals surface area contributed by atoms with E-state index in [1.807, 2.05) is 30.3 Å². The van der Waals surface area contributed by atoms with Crippen molar-refractivity contribution in [3.05, 3.63) is 69.2 Å². The molecule has 1 aromatic heterocycles. The number of nitriles is 1. The largest absolute Gasteiger partial charge is 0.372 e. The molecule has 8 nitrogen and oxygen atoms in total. The van der Waals surface area contributed by atoms with Crippen molar-refractivity contribution in [2.24, 2.45) is 11.5 Å². The van der Waals surface area contributed by atoms with Crippen molar-refractivity contribution in [1.29, 1.82) is 5.26 Å². The number of carbonyl (C=O) groups excluding carboxylic acids is 3. The number of primary amides is 2. The fourth-order valence-corrected chi connectivity index (χ4v) is 4.33. The summed E-state index contributed by atoms with van der Waals surface area (Å²) in [5, 5.41) is 13.2. The molecule has 0 bridgehead atoms. The summed E-state index contributed by atoms with van der Waals surface area (Å²) in [6.07, 6.45) is 6.52. The van der Waals surface area contributed by atoms with Crippen molar-refractivity contribution in [2.75, 3.05) is 0 Å². The van der Waals surface area contributed by atoms with E-state index in [-0.39, 0.29) is 24.3 Å². The number of hydrogen-bond donors (Lipinski definition) is 3.